The molecular weight excluding hydrogens is 1520 g/mol. The van der Waals surface area contributed by atoms with E-state index in [4.69, 9.17) is 4.74 Å². The fourth-order valence-electron chi connectivity index (χ4n) is 14.1. The molecule has 6 aromatic rings. The minimum Gasteiger partial charge on any atom is -0.378 e. The normalized spacial score (nSPS) is 21.3. The van der Waals surface area contributed by atoms with Gasteiger partial charge in [0.1, 0.15) is 23.3 Å². The van der Waals surface area contributed by atoms with Gasteiger partial charge in [0.15, 0.2) is 0 Å². The number of nitrogens with zero attached hydrogens (tertiary/aromatic N) is 12. The lowest BCUT2D eigenvalue weighted by atomic mass is 10.0. The Morgan fingerprint density at radius 2 is 0.757 bits per heavy atom. The van der Waals surface area contributed by atoms with E-state index in [1.165, 1.54) is 67.4 Å². The topological polar surface area (TPSA) is 220 Å². The average molecular weight is 1610 g/mol. The Kier molecular flexibility index (Phi) is 25.6. The van der Waals surface area contributed by atoms with Gasteiger partial charge in [0.05, 0.1) is 80.8 Å². The van der Waals surface area contributed by atoms with Crippen LogP contribution in [0.4, 0.5) is 92.8 Å². The molecule has 4 saturated heterocycles. The molecule has 115 heavy (non-hydrogen) atoms. The number of carbonyl (C=O) groups is 3. The molecule has 13 rings (SSSR count). The van der Waals surface area contributed by atoms with Crippen molar-refractivity contribution in [2.24, 2.45) is 0 Å². The zero-order valence-corrected chi connectivity index (χ0v) is 64.7. The number of alkyl halides is 9. The third-order valence-corrected chi connectivity index (χ3v) is 21.1. The first-order valence-corrected chi connectivity index (χ1v) is 36.8. The molecule has 0 radical (unpaired) electrons. The standard InChI is InChI=1S/C29H33F4N7O2.C26H28F4N6O.C26H27F4N5O/c1-17-9-23(29(31,32)33)22(14-34-17)27(41)37-25-10-21(20-12-35-28(36-13-20)39-5-7-42-8-6-39)24(30)11-26(25)40-15-18(2)38(4)19(3)16-40;1-14-6-21(26(28,29)30)20(11-31-14)25(37)34-23-7-19(18-9-32-17(4)33-10-18)22(27)8-24(23)36-12-15(2)35(5)16(3)13-36;1-15-8-21(26(28,29)30)20(12-32-15)25(36)33-23-9-19(18-6-5-7-31-11-18)22(27)10-24(23)35-13-16(2)34(4)17(3)14-35/h9-14,18-19,34H,1,5-8,15-16H2,2-4H3,(H,37,41);6-11,15-16,31H,1,12-13H2,2-5H3,(H,34,37);5-12,16-17,32H,1,13-14H2,2-4H3,(H,33,36)/t18-,19+;15-,16+;16-,17+. The Morgan fingerprint density at radius 3 is 1.05 bits per heavy atom. The van der Waals surface area contributed by atoms with Gasteiger partial charge in [-0.05, 0) is 130 Å². The highest BCUT2D eigenvalue weighted by Crippen LogP contribution is 2.43. The Balaban J connectivity index is 0.000000170. The molecule has 6 atom stereocenters. The predicted octanol–water partition coefficient (Wildman–Crippen LogP) is 13.5. The molecule has 3 aromatic heterocycles. The van der Waals surface area contributed by atoms with E-state index in [1.807, 2.05) is 82.3 Å². The number of benzene rings is 3. The molecule has 7 aliphatic heterocycles. The summed E-state index contributed by atoms with van der Waals surface area (Å²) in [5.41, 5.74) is -1.83. The first kappa shape index (κ1) is 84.5. The number of halogens is 12. The van der Waals surface area contributed by atoms with Gasteiger partial charge in [-0.25, -0.2) is 33.1 Å². The number of piperazine rings is 3. The number of pyridine rings is 1. The molecule has 6 N–H and O–H groups in total. The zero-order chi connectivity index (χ0) is 83.4. The number of amides is 3. The van der Waals surface area contributed by atoms with Gasteiger partial charge in [-0.2, -0.15) is 39.5 Å². The number of anilines is 7. The molecule has 0 spiro atoms. The van der Waals surface area contributed by atoms with Gasteiger partial charge < -0.3 is 56.2 Å². The Bertz CT molecular complexity index is 4870. The predicted molar refractivity (Wildman–Crippen MR) is 418 cm³/mol. The Hall–Kier alpha value is -11.4. The maximum Gasteiger partial charge on any atom is 0.417 e. The summed E-state index contributed by atoms with van der Waals surface area (Å²) in [7, 11) is 6.00. The first-order valence-electron chi connectivity index (χ1n) is 36.8. The second-order valence-electron chi connectivity index (χ2n) is 29.2. The van der Waals surface area contributed by atoms with Crippen LogP contribution in [0.5, 0.6) is 0 Å². The van der Waals surface area contributed by atoms with Crippen molar-refractivity contribution in [1.29, 1.82) is 0 Å². The molecule has 4 fully saturated rings. The van der Waals surface area contributed by atoms with E-state index in [9.17, 15) is 53.9 Å². The number of carbonyl (C=O) groups excluding carboxylic acids is 3. The lowest BCUT2D eigenvalue weighted by molar-refractivity contribution is -0.115. The number of nitrogens with one attached hydrogen (secondary N) is 6. The van der Waals surface area contributed by atoms with Gasteiger partial charge in [0.2, 0.25) is 5.95 Å². The van der Waals surface area contributed by atoms with Crippen molar-refractivity contribution in [3.8, 4) is 33.4 Å². The molecular formula is C81H88F12N18O4. The second-order valence-corrected chi connectivity index (χ2v) is 29.2. The summed E-state index contributed by atoms with van der Waals surface area (Å²) in [6.07, 6.45) is -0.134. The molecule has 34 heteroatoms. The summed E-state index contributed by atoms with van der Waals surface area (Å²) in [5.74, 6) is -3.64. The molecule has 22 nitrogen and oxygen atoms in total. The molecule has 0 saturated carbocycles. The fraction of sp³-hybridized carbons (Fsp3) is 0.358. The molecule has 0 aliphatic carbocycles. The van der Waals surface area contributed by atoms with E-state index in [2.05, 4.69) is 91.3 Å². The van der Waals surface area contributed by atoms with Crippen LogP contribution in [0.15, 0.2) is 193 Å². The van der Waals surface area contributed by atoms with Gasteiger partial charge in [-0.15, -0.1) is 0 Å². The first-order chi connectivity index (χ1) is 54.2. The average Bonchev–Trinajstić information content (AvgIpc) is 0.782. The van der Waals surface area contributed by atoms with E-state index in [0.29, 0.717) is 111 Å². The van der Waals surface area contributed by atoms with Crippen LogP contribution in [-0.4, -0.2) is 199 Å². The summed E-state index contributed by atoms with van der Waals surface area (Å²) >= 11 is 0. The largest absolute Gasteiger partial charge is 0.417 e. The highest BCUT2D eigenvalue weighted by molar-refractivity contribution is 6.11. The third-order valence-electron chi connectivity index (χ3n) is 21.1. The molecule has 0 bridgehead atoms. The van der Waals surface area contributed by atoms with E-state index < -0.39 is 87.1 Å². The minimum absolute atomic E-state index is 0.00423. The van der Waals surface area contributed by atoms with E-state index >= 15 is 13.2 Å². The Labute approximate surface area is 657 Å². The molecule has 3 aromatic carbocycles. The number of likely N-dealkylation sites (N-methyl/N-ethyl adjacent to an activating group) is 3. The summed E-state index contributed by atoms with van der Waals surface area (Å²) in [5, 5.41) is 15.5. The number of rotatable bonds is 13. The number of allylic oxidation sites excluding steroid dienone is 3. The maximum absolute atomic E-state index is 15.7. The quantitative estimate of drug-likeness (QED) is 0.0592. The van der Waals surface area contributed by atoms with Crippen LogP contribution in [0.25, 0.3) is 33.4 Å². The lowest BCUT2D eigenvalue weighted by Crippen LogP contribution is -2.55. The van der Waals surface area contributed by atoms with Crippen molar-refractivity contribution in [2.75, 3.05) is 122 Å². The van der Waals surface area contributed by atoms with Gasteiger partial charge in [-0.1, -0.05) is 25.8 Å². The summed E-state index contributed by atoms with van der Waals surface area (Å²) in [4.78, 5) is 75.1. The van der Waals surface area contributed by atoms with Crippen LogP contribution >= 0.6 is 0 Å². The van der Waals surface area contributed by atoms with E-state index in [1.54, 1.807) is 25.3 Å². The summed E-state index contributed by atoms with van der Waals surface area (Å²) in [6, 6.07) is 12.3. The maximum atomic E-state index is 15.7. The molecule has 3 amide bonds. The van der Waals surface area contributed by atoms with Crippen LogP contribution in [0.3, 0.4) is 0 Å². The highest BCUT2D eigenvalue weighted by atomic mass is 19.4. The number of hydrogen-bond donors (Lipinski definition) is 6. The Morgan fingerprint density at radius 1 is 0.452 bits per heavy atom. The number of aromatic nitrogens is 5. The van der Waals surface area contributed by atoms with E-state index in [0.717, 1.165) is 36.8 Å². The molecule has 10 heterocycles. The molecule has 7 aliphatic rings. The lowest BCUT2D eigenvalue weighted by Gasteiger charge is -2.44. The minimum atomic E-state index is -4.78. The van der Waals surface area contributed by atoms with Crippen molar-refractivity contribution in [2.45, 2.75) is 103 Å². The number of aryl methyl sites for hydroxylation is 1. The molecule has 0 unspecified atom stereocenters. The fourth-order valence-corrected chi connectivity index (χ4v) is 14.1. The van der Waals surface area contributed by atoms with Crippen molar-refractivity contribution in [3.05, 3.63) is 216 Å². The summed E-state index contributed by atoms with van der Waals surface area (Å²) in [6.45, 7) is 29.9. The number of dihydropyridines is 3. The van der Waals surface area contributed by atoms with Crippen molar-refractivity contribution in [1.82, 2.24) is 55.6 Å². The molecule has 610 valence electrons. The number of hydrogen-bond acceptors (Lipinski definition) is 19. The van der Waals surface area contributed by atoms with Crippen LogP contribution in [0.2, 0.25) is 0 Å². The van der Waals surface area contributed by atoms with Crippen LogP contribution < -0.4 is 51.5 Å². The van der Waals surface area contributed by atoms with Crippen molar-refractivity contribution < 1.29 is 71.8 Å². The monoisotopic (exact) mass is 1600 g/mol. The zero-order valence-electron chi connectivity index (χ0n) is 64.7. The number of ether oxygens (including phenoxy) is 1. The van der Waals surface area contributed by atoms with Gasteiger partial charge in [0.25, 0.3) is 17.7 Å². The highest BCUT2D eigenvalue weighted by Gasteiger charge is 2.44. The van der Waals surface area contributed by atoms with Crippen molar-refractivity contribution >= 4 is 57.8 Å². The second kappa shape index (κ2) is 34.8. The van der Waals surface area contributed by atoms with E-state index in [-0.39, 0.29) is 87.1 Å². The van der Waals surface area contributed by atoms with Crippen LogP contribution in [0, 0.1) is 24.4 Å². The third kappa shape index (κ3) is 19.7. The van der Waals surface area contributed by atoms with Gasteiger partial charge >= 0.3 is 18.5 Å². The van der Waals surface area contributed by atoms with Crippen molar-refractivity contribution in [3.63, 3.8) is 0 Å². The smallest absolute Gasteiger partial charge is 0.378 e. The SMILES string of the molecule is C=C1C=C(C(F)(F)F)C(C(=O)Nc2cc(-c3cccnc3)c(F)cc2N2C[C@@H](C)N(C)[C@@H](C)C2)=CN1.C=C1C=C(C(F)(F)F)C(C(=O)Nc2cc(-c3cnc(C)nc3)c(F)cc2N2C[C@@H](C)N(C)[C@@H](C)C2)=CN1.C=C1C=C(C(F)(F)F)C(C(=O)Nc2cc(-c3cnc(N4CCOCC4)nc3)c(F)cc2N2C[C@@H](C)N(C)[C@@H](C)C2)=CN1. The van der Waals surface area contributed by atoms with Crippen LogP contribution in [-0.2, 0) is 19.1 Å². The number of morpholine rings is 1. The van der Waals surface area contributed by atoms with Gasteiger partial charge in [-0.3, -0.25) is 34.1 Å². The summed E-state index contributed by atoms with van der Waals surface area (Å²) < 4.78 is 175. The van der Waals surface area contributed by atoms with Crippen LogP contribution in [0.1, 0.15) is 47.4 Å². The van der Waals surface area contributed by atoms with Gasteiger partial charge in [0, 0.05) is 195 Å².